The zero-order chi connectivity index (χ0) is 13.0. The van der Waals surface area contributed by atoms with Gasteiger partial charge < -0.3 is 9.26 Å². The minimum atomic E-state index is 0.0301. The molecular formula is C12H12N4O2. The normalized spacial score (nSPS) is 12.1. The second kappa shape index (κ2) is 5.38. The van der Waals surface area contributed by atoms with Gasteiger partial charge in [0.15, 0.2) is 5.82 Å². The lowest BCUT2D eigenvalue weighted by Gasteiger charge is -2.03. The molecular weight excluding hydrogens is 232 g/mol. The lowest BCUT2D eigenvalue weighted by Crippen LogP contribution is -2.09. The molecule has 0 aromatic carbocycles. The Morgan fingerprint density at radius 2 is 2.39 bits per heavy atom. The first-order valence-electron chi connectivity index (χ1n) is 5.45. The maximum absolute atomic E-state index is 8.77. The van der Waals surface area contributed by atoms with Crippen LogP contribution in [0.5, 0.6) is 0 Å². The third kappa shape index (κ3) is 2.70. The van der Waals surface area contributed by atoms with Crippen molar-refractivity contribution in [2.45, 2.75) is 19.4 Å². The highest BCUT2D eigenvalue weighted by atomic mass is 16.5. The van der Waals surface area contributed by atoms with Crippen LogP contribution in [0.4, 0.5) is 0 Å². The first-order chi connectivity index (χ1) is 8.72. The van der Waals surface area contributed by atoms with Gasteiger partial charge in [0, 0.05) is 25.3 Å². The van der Waals surface area contributed by atoms with Gasteiger partial charge in [-0.3, -0.25) is 0 Å². The Labute approximate surface area is 104 Å². The topological polar surface area (TPSA) is 84.8 Å². The van der Waals surface area contributed by atoms with E-state index in [9.17, 15) is 0 Å². The highest BCUT2D eigenvalue weighted by Crippen LogP contribution is 2.17. The van der Waals surface area contributed by atoms with Gasteiger partial charge in [0.1, 0.15) is 11.8 Å². The van der Waals surface area contributed by atoms with Crippen molar-refractivity contribution in [3.05, 3.63) is 29.8 Å². The Kier molecular flexibility index (Phi) is 3.65. The minimum Gasteiger partial charge on any atom is -0.381 e. The lowest BCUT2D eigenvalue weighted by molar-refractivity contribution is 0.116. The molecule has 6 heteroatoms. The number of methoxy groups -OCH3 is 1. The van der Waals surface area contributed by atoms with Crippen molar-refractivity contribution in [1.82, 2.24) is 15.1 Å². The van der Waals surface area contributed by atoms with E-state index in [2.05, 4.69) is 15.1 Å². The van der Waals surface area contributed by atoms with Crippen LogP contribution in [0.25, 0.3) is 11.5 Å². The van der Waals surface area contributed by atoms with Gasteiger partial charge >= 0.3 is 0 Å². The van der Waals surface area contributed by atoms with E-state index < -0.39 is 0 Å². The monoisotopic (exact) mass is 244 g/mol. The summed E-state index contributed by atoms with van der Waals surface area (Å²) in [7, 11) is 1.63. The molecule has 0 spiro atoms. The molecule has 0 saturated heterocycles. The average molecular weight is 244 g/mol. The largest absolute Gasteiger partial charge is 0.381 e. The molecule has 18 heavy (non-hydrogen) atoms. The zero-order valence-corrected chi connectivity index (χ0v) is 10.1. The van der Waals surface area contributed by atoms with Crippen molar-refractivity contribution in [2.75, 3.05) is 7.11 Å². The summed E-state index contributed by atoms with van der Waals surface area (Å²) >= 11 is 0. The zero-order valence-electron chi connectivity index (χ0n) is 10.1. The summed E-state index contributed by atoms with van der Waals surface area (Å²) in [6, 6.07) is 5.29. The predicted molar refractivity (Wildman–Crippen MR) is 62.4 cm³/mol. The number of pyridine rings is 1. The number of hydrogen-bond acceptors (Lipinski definition) is 6. The molecule has 1 atom stereocenters. The van der Waals surface area contributed by atoms with Crippen LogP contribution >= 0.6 is 0 Å². The van der Waals surface area contributed by atoms with Crippen LogP contribution in [0.2, 0.25) is 0 Å². The molecule has 2 aromatic rings. The summed E-state index contributed by atoms with van der Waals surface area (Å²) < 4.78 is 10.3. The Bertz CT molecular complexity index is 573. The van der Waals surface area contributed by atoms with E-state index in [1.807, 2.05) is 13.0 Å². The Morgan fingerprint density at radius 3 is 3.11 bits per heavy atom. The summed E-state index contributed by atoms with van der Waals surface area (Å²) in [5.74, 6) is 0.960. The number of ether oxygens (including phenoxy) is 1. The van der Waals surface area contributed by atoms with Crippen molar-refractivity contribution in [3.8, 4) is 17.5 Å². The van der Waals surface area contributed by atoms with E-state index in [-0.39, 0.29) is 6.10 Å². The van der Waals surface area contributed by atoms with Crippen molar-refractivity contribution >= 4 is 0 Å². The fraction of sp³-hybridized carbons (Fsp3) is 0.333. The molecule has 0 N–H and O–H groups in total. The predicted octanol–water partition coefficient (Wildman–Crippen LogP) is 1.58. The van der Waals surface area contributed by atoms with Crippen molar-refractivity contribution in [1.29, 1.82) is 5.26 Å². The Balaban J connectivity index is 2.21. The van der Waals surface area contributed by atoms with Crippen LogP contribution in [-0.2, 0) is 11.2 Å². The molecule has 0 bridgehead atoms. The summed E-state index contributed by atoms with van der Waals surface area (Å²) in [5, 5.41) is 12.6. The summed E-state index contributed by atoms with van der Waals surface area (Å²) in [4.78, 5) is 8.13. The van der Waals surface area contributed by atoms with E-state index in [4.69, 9.17) is 14.5 Å². The van der Waals surface area contributed by atoms with Gasteiger partial charge in [-0.25, -0.2) is 4.98 Å². The van der Waals surface area contributed by atoms with E-state index in [1.165, 1.54) is 6.20 Å². The number of nitrogens with zero attached hydrogens (tertiary/aromatic N) is 4. The van der Waals surface area contributed by atoms with Gasteiger partial charge in [0.2, 0.25) is 0 Å². The molecule has 0 amide bonds. The second-order valence-corrected chi connectivity index (χ2v) is 3.81. The molecule has 0 fully saturated rings. The number of rotatable bonds is 4. The molecule has 92 valence electrons. The molecule has 0 saturated carbocycles. The van der Waals surface area contributed by atoms with Crippen molar-refractivity contribution < 1.29 is 9.26 Å². The summed E-state index contributed by atoms with van der Waals surface area (Å²) in [5.41, 5.74) is 1.00. The molecule has 0 aliphatic heterocycles. The van der Waals surface area contributed by atoms with Crippen LogP contribution in [0, 0.1) is 11.3 Å². The quantitative estimate of drug-likeness (QED) is 0.811. The van der Waals surface area contributed by atoms with Gasteiger partial charge in [-0.15, -0.1) is 0 Å². The Morgan fingerprint density at radius 1 is 1.56 bits per heavy atom. The van der Waals surface area contributed by atoms with Crippen LogP contribution in [0.15, 0.2) is 22.9 Å². The van der Waals surface area contributed by atoms with Crippen molar-refractivity contribution in [2.24, 2.45) is 0 Å². The lowest BCUT2D eigenvalue weighted by atomic mass is 10.2. The highest BCUT2D eigenvalue weighted by molar-refractivity contribution is 5.53. The van der Waals surface area contributed by atoms with Gasteiger partial charge in [-0.05, 0) is 19.1 Å². The summed E-state index contributed by atoms with van der Waals surface area (Å²) in [6.07, 6.45) is 2.15. The van der Waals surface area contributed by atoms with Gasteiger partial charge in [0.05, 0.1) is 6.10 Å². The van der Waals surface area contributed by atoms with E-state index in [0.29, 0.717) is 29.4 Å². The first-order valence-corrected chi connectivity index (χ1v) is 5.45. The van der Waals surface area contributed by atoms with Crippen LogP contribution in [0.3, 0.4) is 0 Å². The second-order valence-electron chi connectivity index (χ2n) is 3.81. The average Bonchev–Trinajstić information content (AvgIpc) is 2.87. The third-order valence-corrected chi connectivity index (χ3v) is 2.46. The van der Waals surface area contributed by atoms with Gasteiger partial charge in [-0.2, -0.15) is 10.2 Å². The Hall–Kier alpha value is -2.26. The molecule has 0 radical (unpaired) electrons. The SMILES string of the molecule is COC(C)Cc1noc(-c2ccnc(C#N)c2)n1. The molecule has 2 heterocycles. The van der Waals surface area contributed by atoms with Crippen LogP contribution in [0.1, 0.15) is 18.4 Å². The number of hydrogen-bond donors (Lipinski definition) is 0. The molecule has 2 aromatic heterocycles. The molecule has 0 aliphatic rings. The van der Waals surface area contributed by atoms with Crippen molar-refractivity contribution in [3.63, 3.8) is 0 Å². The molecule has 6 nitrogen and oxygen atoms in total. The van der Waals surface area contributed by atoms with E-state index in [0.717, 1.165) is 0 Å². The highest BCUT2D eigenvalue weighted by Gasteiger charge is 2.12. The van der Waals surface area contributed by atoms with E-state index in [1.54, 1.807) is 19.2 Å². The number of nitriles is 1. The minimum absolute atomic E-state index is 0.0301. The summed E-state index contributed by atoms with van der Waals surface area (Å²) in [6.45, 7) is 1.93. The third-order valence-electron chi connectivity index (χ3n) is 2.46. The van der Waals surface area contributed by atoms with E-state index >= 15 is 0 Å². The van der Waals surface area contributed by atoms with Gasteiger partial charge in [0.25, 0.3) is 5.89 Å². The molecule has 1 unspecified atom stereocenters. The van der Waals surface area contributed by atoms with Gasteiger partial charge in [-0.1, -0.05) is 5.16 Å². The molecule has 0 aliphatic carbocycles. The molecule has 2 rings (SSSR count). The fourth-order valence-corrected chi connectivity index (χ4v) is 1.42. The maximum atomic E-state index is 8.77. The van der Waals surface area contributed by atoms with Crippen LogP contribution in [-0.4, -0.2) is 28.3 Å². The standard InChI is InChI=1S/C12H12N4O2/c1-8(17-2)5-11-15-12(18-16-11)9-3-4-14-10(6-9)7-13/h3-4,6,8H,5H2,1-2H3. The first kappa shape index (κ1) is 12.2. The number of aromatic nitrogens is 3. The smallest absolute Gasteiger partial charge is 0.258 e. The van der Waals surface area contributed by atoms with Crippen LogP contribution < -0.4 is 0 Å². The maximum Gasteiger partial charge on any atom is 0.258 e. The fourth-order valence-electron chi connectivity index (χ4n) is 1.42.